The number of rotatable bonds is 4. The van der Waals surface area contributed by atoms with Crippen LogP contribution in [0.4, 0.5) is 5.69 Å². The van der Waals surface area contributed by atoms with Crippen LogP contribution >= 0.6 is 15.9 Å². The summed E-state index contributed by atoms with van der Waals surface area (Å²) in [4.78, 5) is 4.45. The summed E-state index contributed by atoms with van der Waals surface area (Å²) in [5.74, 6) is 0. The van der Waals surface area contributed by atoms with E-state index in [1.807, 2.05) is 0 Å². The summed E-state index contributed by atoms with van der Waals surface area (Å²) < 4.78 is 25.8. The van der Waals surface area contributed by atoms with Crippen molar-refractivity contribution in [3.8, 4) is 0 Å². The molecule has 0 radical (unpaired) electrons. The maximum atomic E-state index is 12.2. The van der Waals surface area contributed by atoms with E-state index in [-0.39, 0.29) is 0 Å². The first kappa shape index (κ1) is 12.6. The Morgan fingerprint density at radius 3 is 2.76 bits per heavy atom. The first-order valence-electron chi connectivity index (χ1n) is 5.37. The Bertz CT molecular complexity index is 528. The maximum Gasteiger partial charge on any atom is 0.267 e. The van der Waals surface area contributed by atoms with Gasteiger partial charge < -0.3 is 0 Å². The second-order valence-electron chi connectivity index (χ2n) is 3.72. The molecule has 1 heterocycles. The second-order valence-corrected chi connectivity index (χ2v) is 6.38. The fourth-order valence-electron chi connectivity index (χ4n) is 1.64. The number of halogens is 1. The molecule has 0 bridgehead atoms. The first-order valence-corrected chi connectivity index (χ1v) is 7.93. The molecule has 0 aliphatic carbocycles. The van der Waals surface area contributed by atoms with E-state index in [1.54, 1.807) is 24.3 Å². The quantitative estimate of drug-likeness (QED) is 0.633. The zero-order valence-corrected chi connectivity index (χ0v) is 11.6. The van der Waals surface area contributed by atoms with E-state index in [4.69, 9.17) is 0 Å². The molecule has 2 rings (SSSR count). The fourth-order valence-corrected chi connectivity index (χ4v) is 3.46. The Kier molecular flexibility index (Phi) is 3.83. The average Bonchev–Trinajstić information content (AvgIpc) is 2.32. The Morgan fingerprint density at radius 2 is 2.00 bits per heavy atom. The van der Waals surface area contributed by atoms with Crippen molar-refractivity contribution in [2.24, 2.45) is 4.99 Å². The van der Waals surface area contributed by atoms with Crippen LogP contribution in [0, 0.1) is 0 Å². The van der Waals surface area contributed by atoms with E-state index in [0.717, 1.165) is 18.2 Å². The van der Waals surface area contributed by atoms with E-state index in [1.165, 1.54) is 10.6 Å². The monoisotopic (exact) mass is 316 g/mol. The van der Waals surface area contributed by atoms with Crippen molar-refractivity contribution >= 4 is 38.0 Å². The molecule has 1 aromatic carbocycles. The lowest BCUT2D eigenvalue weighted by molar-refractivity contribution is 0.514. The largest absolute Gasteiger partial charge is 0.267 e. The summed E-state index contributed by atoms with van der Waals surface area (Å²) in [7, 11) is -3.39. The third kappa shape index (κ3) is 2.52. The Morgan fingerprint density at radius 1 is 1.24 bits per heavy atom. The molecule has 0 unspecified atom stereocenters. The van der Waals surface area contributed by atoms with Crippen LogP contribution in [0.5, 0.6) is 0 Å². The van der Waals surface area contributed by atoms with Crippen molar-refractivity contribution in [3.05, 3.63) is 24.3 Å². The minimum atomic E-state index is -3.39. The van der Waals surface area contributed by atoms with Crippen LogP contribution in [0.2, 0.25) is 0 Å². The molecule has 0 atom stereocenters. The SMILES string of the molecule is O=S1(=O)c2ccccc2N=CN1CCCCBr. The Balaban J connectivity index is 2.25. The number of para-hydroxylation sites is 1. The van der Waals surface area contributed by atoms with Gasteiger partial charge in [-0.1, -0.05) is 28.1 Å². The summed E-state index contributed by atoms with van der Waals surface area (Å²) in [6.07, 6.45) is 3.17. The molecule has 0 amide bonds. The molecule has 0 spiro atoms. The van der Waals surface area contributed by atoms with Gasteiger partial charge in [-0.15, -0.1) is 0 Å². The van der Waals surface area contributed by atoms with Crippen molar-refractivity contribution in [2.45, 2.75) is 17.7 Å². The molecule has 1 aromatic rings. The summed E-state index contributed by atoms with van der Waals surface area (Å²) in [5, 5.41) is 0.884. The first-order chi connectivity index (χ1) is 8.16. The van der Waals surface area contributed by atoms with E-state index in [9.17, 15) is 8.42 Å². The highest BCUT2D eigenvalue weighted by atomic mass is 79.9. The molecule has 0 aromatic heterocycles. The smallest absolute Gasteiger partial charge is 0.256 e. The van der Waals surface area contributed by atoms with Crippen LogP contribution < -0.4 is 0 Å². The van der Waals surface area contributed by atoms with Gasteiger partial charge in [-0.3, -0.25) is 4.31 Å². The number of hydrogen-bond donors (Lipinski definition) is 0. The summed E-state index contributed by atoms with van der Waals surface area (Å²) in [5.41, 5.74) is 0.518. The Labute approximate surface area is 110 Å². The van der Waals surface area contributed by atoms with Gasteiger partial charge in [-0.2, -0.15) is 0 Å². The lowest BCUT2D eigenvalue weighted by atomic mass is 10.3. The molecule has 92 valence electrons. The number of aliphatic imine (C=N–C) groups is 1. The molecule has 1 aliphatic heterocycles. The normalized spacial score (nSPS) is 16.9. The van der Waals surface area contributed by atoms with E-state index < -0.39 is 10.0 Å². The molecule has 0 N–H and O–H groups in total. The number of unbranched alkanes of at least 4 members (excludes halogenated alkanes) is 1. The van der Waals surface area contributed by atoms with Gasteiger partial charge >= 0.3 is 0 Å². The zero-order chi connectivity index (χ0) is 12.3. The van der Waals surface area contributed by atoms with Crippen molar-refractivity contribution in [2.75, 3.05) is 11.9 Å². The number of hydrogen-bond acceptors (Lipinski definition) is 3. The molecule has 0 fully saturated rings. The Hall–Kier alpha value is -0.880. The van der Waals surface area contributed by atoms with Crippen LogP contribution in [0.25, 0.3) is 0 Å². The lowest BCUT2D eigenvalue weighted by Crippen LogP contribution is -2.32. The molecular formula is C11H13BrN2O2S. The van der Waals surface area contributed by atoms with E-state index >= 15 is 0 Å². The van der Waals surface area contributed by atoms with Gasteiger partial charge in [0.1, 0.15) is 11.2 Å². The van der Waals surface area contributed by atoms with Crippen molar-refractivity contribution in [1.29, 1.82) is 0 Å². The molecule has 0 saturated heterocycles. The number of benzene rings is 1. The number of sulfonamides is 1. The van der Waals surface area contributed by atoms with Crippen LogP contribution in [-0.4, -0.2) is 30.9 Å². The minimum Gasteiger partial charge on any atom is -0.256 e. The number of alkyl halides is 1. The van der Waals surface area contributed by atoms with Crippen LogP contribution in [0.1, 0.15) is 12.8 Å². The minimum absolute atomic E-state index is 0.293. The third-order valence-corrected chi connectivity index (χ3v) is 4.90. The van der Waals surface area contributed by atoms with Gasteiger partial charge in [0.15, 0.2) is 0 Å². The molecule has 4 nitrogen and oxygen atoms in total. The fraction of sp³-hybridized carbons (Fsp3) is 0.364. The van der Waals surface area contributed by atoms with Gasteiger partial charge in [0, 0.05) is 11.9 Å². The van der Waals surface area contributed by atoms with Gasteiger partial charge in [-0.05, 0) is 25.0 Å². The predicted molar refractivity (Wildman–Crippen MR) is 71.5 cm³/mol. The lowest BCUT2D eigenvalue weighted by Gasteiger charge is -2.23. The van der Waals surface area contributed by atoms with Gasteiger partial charge in [-0.25, -0.2) is 13.4 Å². The topological polar surface area (TPSA) is 49.7 Å². The highest BCUT2D eigenvalue weighted by Crippen LogP contribution is 2.29. The predicted octanol–water partition coefficient (Wildman–Crippen LogP) is 2.53. The molecule has 17 heavy (non-hydrogen) atoms. The van der Waals surface area contributed by atoms with Crippen molar-refractivity contribution < 1.29 is 8.42 Å². The highest BCUT2D eigenvalue weighted by Gasteiger charge is 2.27. The molecule has 0 saturated carbocycles. The van der Waals surface area contributed by atoms with Gasteiger partial charge in [0.25, 0.3) is 10.0 Å². The second kappa shape index (κ2) is 5.18. The number of fused-ring (bicyclic) bond motifs is 1. The molecular weight excluding hydrogens is 304 g/mol. The highest BCUT2D eigenvalue weighted by molar-refractivity contribution is 9.09. The van der Waals surface area contributed by atoms with E-state index in [0.29, 0.717) is 17.1 Å². The van der Waals surface area contributed by atoms with Gasteiger partial charge in [0.05, 0.1) is 5.69 Å². The van der Waals surface area contributed by atoms with Crippen LogP contribution in [-0.2, 0) is 10.0 Å². The maximum absolute atomic E-state index is 12.2. The standard InChI is InChI=1S/C11H13BrN2O2S/c12-7-3-4-8-14-9-13-10-5-1-2-6-11(10)17(14,15)16/h1-2,5-6,9H,3-4,7-8H2. The number of nitrogens with zero attached hydrogens (tertiary/aromatic N) is 2. The molecule has 6 heteroatoms. The zero-order valence-electron chi connectivity index (χ0n) is 9.21. The van der Waals surface area contributed by atoms with Gasteiger partial charge in [0.2, 0.25) is 0 Å². The summed E-state index contributed by atoms with van der Waals surface area (Å²) >= 11 is 3.33. The van der Waals surface area contributed by atoms with Crippen molar-refractivity contribution in [1.82, 2.24) is 4.31 Å². The summed E-state index contributed by atoms with van der Waals surface area (Å²) in [6, 6.07) is 6.80. The third-order valence-electron chi connectivity index (χ3n) is 2.54. The van der Waals surface area contributed by atoms with E-state index in [2.05, 4.69) is 20.9 Å². The summed E-state index contributed by atoms with van der Waals surface area (Å²) in [6.45, 7) is 0.478. The van der Waals surface area contributed by atoms with Crippen molar-refractivity contribution in [3.63, 3.8) is 0 Å². The molecule has 1 aliphatic rings. The average molecular weight is 317 g/mol. The van der Waals surface area contributed by atoms with Crippen LogP contribution in [0.3, 0.4) is 0 Å². The van der Waals surface area contributed by atoms with Crippen LogP contribution in [0.15, 0.2) is 34.2 Å².